The third-order valence-corrected chi connectivity index (χ3v) is 4.55. The number of ether oxygens (including phenoxy) is 2. The van der Waals surface area contributed by atoms with Crippen molar-refractivity contribution in [2.24, 2.45) is 0 Å². The maximum atomic E-state index is 12.8. The van der Waals surface area contributed by atoms with Crippen molar-refractivity contribution >= 4 is 34.7 Å². The first-order chi connectivity index (χ1) is 15.3. The summed E-state index contributed by atoms with van der Waals surface area (Å²) in [7, 11) is 0. The summed E-state index contributed by atoms with van der Waals surface area (Å²) in [5.74, 6) is 0.207. The fourth-order valence-electron chi connectivity index (χ4n) is 3.17. The van der Waals surface area contributed by atoms with Gasteiger partial charge in [0.15, 0.2) is 0 Å². The second-order valence-electron chi connectivity index (χ2n) is 8.28. The van der Waals surface area contributed by atoms with E-state index in [1.807, 2.05) is 35.8 Å². The van der Waals surface area contributed by atoms with Crippen LogP contribution in [0.2, 0.25) is 0 Å². The monoisotopic (exact) mass is 438 g/mol. The molecule has 0 saturated heterocycles. The van der Waals surface area contributed by atoms with E-state index in [2.05, 4.69) is 15.6 Å². The third-order valence-electron chi connectivity index (χ3n) is 4.55. The number of carbonyl (C=O) groups excluding carboxylic acids is 2. The van der Waals surface area contributed by atoms with Crippen LogP contribution < -0.4 is 10.6 Å². The van der Waals surface area contributed by atoms with Gasteiger partial charge in [-0.15, -0.1) is 0 Å². The lowest BCUT2D eigenvalue weighted by Crippen LogP contribution is -2.27. The molecule has 0 spiro atoms. The fourth-order valence-corrected chi connectivity index (χ4v) is 3.17. The first kappa shape index (κ1) is 23.3. The zero-order valence-corrected chi connectivity index (χ0v) is 19.0. The van der Waals surface area contributed by atoms with Gasteiger partial charge < -0.3 is 14.0 Å². The van der Waals surface area contributed by atoms with Gasteiger partial charge in [-0.05, 0) is 70.5 Å². The highest BCUT2D eigenvalue weighted by Crippen LogP contribution is 2.21. The van der Waals surface area contributed by atoms with Gasteiger partial charge in [0.05, 0.1) is 11.0 Å². The van der Waals surface area contributed by atoms with Gasteiger partial charge in [-0.1, -0.05) is 12.1 Å². The largest absolute Gasteiger partial charge is 0.444 e. The summed E-state index contributed by atoms with van der Waals surface area (Å²) < 4.78 is 12.7. The van der Waals surface area contributed by atoms with Crippen LogP contribution in [0, 0.1) is 0 Å². The second-order valence-corrected chi connectivity index (χ2v) is 8.28. The number of aryl methyl sites for hydroxylation is 1. The molecular formula is C24H30N4O4. The van der Waals surface area contributed by atoms with Crippen LogP contribution in [0.5, 0.6) is 0 Å². The molecule has 0 bridgehead atoms. The number of nitrogens with zero attached hydrogens (tertiary/aromatic N) is 2. The molecule has 0 unspecified atom stereocenters. The summed E-state index contributed by atoms with van der Waals surface area (Å²) in [6.45, 7) is 9.34. The molecule has 0 aliphatic rings. The molecule has 0 fully saturated rings. The molecule has 3 aromatic rings. The van der Waals surface area contributed by atoms with Crippen molar-refractivity contribution in [2.45, 2.75) is 46.3 Å². The highest BCUT2D eigenvalue weighted by molar-refractivity contribution is 6.04. The smallest absolute Gasteiger partial charge is 0.412 e. The summed E-state index contributed by atoms with van der Waals surface area (Å²) in [4.78, 5) is 29.3. The van der Waals surface area contributed by atoms with Crippen molar-refractivity contribution in [2.75, 3.05) is 23.8 Å². The molecule has 0 radical (unpaired) electrons. The number of fused-ring (bicyclic) bond motifs is 1. The van der Waals surface area contributed by atoms with E-state index < -0.39 is 11.7 Å². The van der Waals surface area contributed by atoms with Crippen LogP contribution in [0.1, 0.15) is 44.5 Å². The number of hydrogen-bond donors (Lipinski definition) is 2. The molecule has 8 heteroatoms. The Morgan fingerprint density at radius 2 is 1.75 bits per heavy atom. The maximum absolute atomic E-state index is 12.8. The van der Waals surface area contributed by atoms with E-state index in [1.165, 1.54) is 0 Å². The number of carbonyl (C=O) groups is 2. The van der Waals surface area contributed by atoms with Gasteiger partial charge in [0.2, 0.25) is 5.95 Å². The highest BCUT2D eigenvalue weighted by Gasteiger charge is 2.17. The average molecular weight is 439 g/mol. The number of rotatable bonds is 8. The van der Waals surface area contributed by atoms with E-state index in [-0.39, 0.29) is 5.91 Å². The summed E-state index contributed by atoms with van der Waals surface area (Å²) in [5.41, 5.74) is 2.18. The lowest BCUT2D eigenvalue weighted by atomic mass is 10.2. The maximum Gasteiger partial charge on any atom is 0.412 e. The van der Waals surface area contributed by atoms with Gasteiger partial charge in [-0.25, -0.2) is 9.78 Å². The molecular weight excluding hydrogens is 408 g/mol. The Kier molecular flexibility index (Phi) is 7.48. The van der Waals surface area contributed by atoms with E-state index in [1.54, 1.807) is 45.0 Å². The van der Waals surface area contributed by atoms with Gasteiger partial charge in [0, 0.05) is 31.0 Å². The van der Waals surface area contributed by atoms with E-state index in [0.717, 1.165) is 17.5 Å². The topological polar surface area (TPSA) is 94.5 Å². The molecule has 32 heavy (non-hydrogen) atoms. The van der Waals surface area contributed by atoms with Crippen LogP contribution in [0.25, 0.3) is 11.0 Å². The van der Waals surface area contributed by atoms with E-state index in [9.17, 15) is 9.59 Å². The van der Waals surface area contributed by atoms with E-state index in [4.69, 9.17) is 9.47 Å². The first-order valence-corrected chi connectivity index (χ1v) is 10.7. The summed E-state index contributed by atoms with van der Waals surface area (Å²) in [5, 5.41) is 5.56. The highest BCUT2D eigenvalue weighted by atomic mass is 16.6. The Hall–Kier alpha value is -3.39. The summed E-state index contributed by atoms with van der Waals surface area (Å²) in [6.07, 6.45) is 0.262. The average Bonchev–Trinajstić information content (AvgIpc) is 3.07. The van der Waals surface area contributed by atoms with Crippen LogP contribution >= 0.6 is 0 Å². The van der Waals surface area contributed by atoms with Crippen molar-refractivity contribution in [3.05, 3.63) is 54.1 Å². The summed E-state index contributed by atoms with van der Waals surface area (Å²) >= 11 is 0. The number of nitrogens with one attached hydrogen (secondary N) is 2. The number of benzene rings is 2. The van der Waals surface area contributed by atoms with Gasteiger partial charge in [0.1, 0.15) is 5.60 Å². The molecule has 1 heterocycles. The number of anilines is 2. The molecule has 2 amide bonds. The number of imidazole rings is 1. The Labute approximate surface area is 187 Å². The van der Waals surface area contributed by atoms with Crippen molar-refractivity contribution in [3.8, 4) is 0 Å². The predicted octanol–water partition coefficient (Wildman–Crippen LogP) is 5.06. The van der Waals surface area contributed by atoms with Gasteiger partial charge in [-0.2, -0.15) is 0 Å². The van der Waals surface area contributed by atoms with E-state index >= 15 is 0 Å². The minimum Gasteiger partial charge on any atom is -0.444 e. The normalized spacial score (nSPS) is 11.4. The minimum absolute atomic E-state index is 0.282. The number of amides is 2. The zero-order valence-electron chi connectivity index (χ0n) is 19.0. The van der Waals surface area contributed by atoms with Crippen molar-refractivity contribution in [1.82, 2.24) is 9.55 Å². The number of hydrogen-bond acceptors (Lipinski definition) is 5. The molecule has 1 aromatic heterocycles. The first-order valence-electron chi connectivity index (χ1n) is 10.7. The van der Waals surface area contributed by atoms with E-state index in [0.29, 0.717) is 37.0 Å². The molecule has 2 aromatic carbocycles. The van der Waals surface area contributed by atoms with Crippen LogP contribution in [0.4, 0.5) is 16.4 Å². The lowest BCUT2D eigenvalue weighted by Gasteiger charge is -2.19. The SMILES string of the molecule is CCOCCCn1c(NC(=O)c2ccc(NC(=O)OC(C)(C)C)cc2)nc2ccccc21. The molecule has 0 aliphatic carbocycles. The van der Waals surface area contributed by atoms with Crippen LogP contribution in [-0.4, -0.2) is 40.4 Å². The lowest BCUT2D eigenvalue weighted by molar-refractivity contribution is 0.0635. The molecule has 0 aliphatic heterocycles. The molecule has 8 nitrogen and oxygen atoms in total. The van der Waals surface area contributed by atoms with Crippen molar-refractivity contribution in [3.63, 3.8) is 0 Å². The number of para-hydroxylation sites is 2. The molecule has 2 N–H and O–H groups in total. The minimum atomic E-state index is -0.585. The fraction of sp³-hybridized carbons (Fsp3) is 0.375. The van der Waals surface area contributed by atoms with Gasteiger partial charge in [-0.3, -0.25) is 15.4 Å². The van der Waals surface area contributed by atoms with Crippen LogP contribution in [0.3, 0.4) is 0 Å². The number of aromatic nitrogens is 2. The van der Waals surface area contributed by atoms with Crippen molar-refractivity contribution < 1.29 is 19.1 Å². The molecule has 0 atom stereocenters. The Morgan fingerprint density at radius 3 is 2.44 bits per heavy atom. The zero-order chi connectivity index (χ0) is 23.1. The third kappa shape index (κ3) is 6.31. The Morgan fingerprint density at radius 1 is 1.03 bits per heavy atom. The van der Waals surface area contributed by atoms with Crippen LogP contribution in [0.15, 0.2) is 48.5 Å². The molecule has 170 valence electrons. The predicted molar refractivity (Wildman–Crippen MR) is 125 cm³/mol. The van der Waals surface area contributed by atoms with Gasteiger partial charge in [0.25, 0.3) is 5.91 Å². The van der Waals surface area contributed by atoms with Gasteiger partial charge >= 0.3 is 6.09 Å². The summed E-state index contributed by atoms with van der Waals surface area (Å²) in [6, 6.07) is 14.4. The second kappa shape index (κ2) is 10.3. The van der Waals surface area contributed by atoms with Crippen molar-refractivity contribution in [1.29, 1.82) is 0 Å². The van der Waals surface area contributed by atoms with Crippen LogP contribution in [-0.2, 0) is 16.0 Å². The molecule has 0 saturated carbocycles. The Bertz CT molecular complexity index is 1070. The molecule has 3 rings (SSSR count). The standard InChI is InChI=1S/C24H30N4O4/c1-5-31-16-8-15-28-20-10-7-6-9-19(20)26-22(28)27-21(29)17-11-13-18(14-12-17)25-23(30)32-24(2,3)4/h6-7,9-14H,5,8,15-16H2,1-4H3,(H,25,30)(H,26,27,29). The Balaban J connectivity index is 1.70. The quantitative estimate of drug-likeness (QED) is 0.479.